The normalized spacial score (nSPS) is 12.3. The molecule has 2 N–H and O–H groups in total. The van der Waals surface area contributed by atoms with Crippen molar-refractivity contribution in [1.29, 1.82) is 0 Å². The lowest BCUT2D eigenvalue weighted by Gasteiger charge is -2.19. The summed E-state index contributed by atoms with van der Waals surface area (Å²) in [6.07, 6.45) is 4.93. The SMILES string of the molecule is O=[N+]([O-])c1ccnc([NH+]([O-])CCc2cnc[nH]2)c1. The van der Waals surface area contributed by atoms with Crippen LogP contribution in [0.3, 0.4) is 0 Å². The van der Waals surface area contributed by atoms with Crippen molar-refractivity contribution in [2.45, 2.75) is 6.42 Å². The number of quaternary nitrogens is 1. The van der Waals surface area contributed by atoms with E-state index in [-0.39, 0.29) is 23.1 Å². The van der Waals surface area contributed by atoms with Crippen molar-refractivity contribution in [1.82, 2.24) is 15.0 Å². The summed E-state index contributed by atoms with van der Waals surface area (Å²) in [7, 11) is 0. The molecule has 2 aromatic heterocycles. The summed E-state index contributed by atoms with van der Waals surface area (Å²) >= 11 is 0. The van der Waals surface area contributed by atoms with E-state index >= 15 is 0 Å². The lowest BCUT2D eigenvalue weighted by atomic mass is 10.3. The van der Waals surface area contributed by atoms with Crippen LogP contribution in [0.1, 0.15) is 5.69 Å². The number of H-pyrrole nitrogens is 1. The van der Waals surface area contributed by atoms with Crippen molar-refractivity contribution < 1.29 is 9.99 Å². The van der Waals surface area contributed by atoms with Gasteiger partial charge in [-0.3, -0.25) is 10.1 Å². The number of imidazole rings is 1. The maximum absolute atomic E-state index is 11.8. The first-order chi connectivity index (χ1) is 8.66. The Kier molecular flexibility index (Phi) is 3.60. The fraction of sp³-hybridized carbons (Fsp3) is 0.200. The van der Waals surface area contributed by atoms with Crippen LogP contribution >= 0.6 is 0 Å². The molecule has 2 rings (SSSR count). The molecule has 8 nitrogen and oxygen atoms in total. The lowest BCUT2D eigenvalue weighted by Crippen LogP contribution is -3.02. The van der Waals surface area contributed by atoms with Crippen LogP contribution in [-0.2, 0) is 6.42 Å². The zero-order valence-electron chi connectivity index (χ0n) is 9.37. The van der Waals surface area contributed by atoms with Crippen molar-refractivity contribution in [2.75, 3.05) is 6.54 Å². The Labute approximate surface area is 102 Å². The quantitative estimate of drug-likeness (QED) is 0.570. The fourth-order valence-electron chi connectivity index (χ4n) is 1.48. The number of hydrogen-bond acceptors (Lipinski definition) is 5. The average molecular weight is 249 g/mol. The number of aromatic amines is 1. The second kappa shape index (κ2) is 5.34. The molecule has 2 heterocycles. The minimum absolute atomic E-state index is 0.115. The molecule has 2 aromatic rings. The van der Waals surface area contributed by atoms with Crippen LogP contribution in [0.15, 0.2) is 30.9 Å². The molecule has 0 saturated carbocycles. The molecule has 0 saturated heterocycles. The van der Waals surface area contributed by atoms with Crippen LogP contribution in [0.5, 0.6) is 0 Å². The highest BCUT2D eigenvalue weighted by atomic mass is 16.6. The van der Waals surface area contributed by atoms with Gasteiger partial charge in [-0.15, -0.1) is 0 Å². The van der Waals surface area contributed by atoms with Crippen LogP contribution in [0.2, 0.25) is 0 Å². The topological polar surface area (TPSA) is 112 Å². The van der Waals surface area contributed by atoms with Gasteiger partial charge in [-0.05, 0) is 0 Å². The first-order valence-corrected chi connectivity index (χ1v) is 5.27. The molecule has 18 heavy (non-hydrogen) atoms. The fourth-order valence-corrected chi connectivity index (χ4v) is 1.48. The van der Waals surface area contributed by atoms with E-state index in [1.165, 1.54) is 24.7 Å². The summed E-state index contributed by atoms with van der Waals surface area (Å²) in [4.78, 5) is 20.6. The highest BCUT2D eigenvalue weighted by Crippen LogP contribution is 2.11. The maximum atomic E-state index is 11.8. The van der Waals surface area contributed by atoms with Crippen LogP contribution < -0.4 is 5.06 Å². The molecule has 1 unspecified atom stereocenters. The van der Waals surface area contributed by atoms with Crippen LogP contribution in [-0.4, -0.2) is 26.4 Å². The van der Waals surface area contributed by atoms with Gasteiger partial charge in [0.25, 0.3) is 5.69 Å². The molecular weight excluding hydrogens is 238 g/mol. The van der Waals surface area contributed by atoms with E-state index < -0.39 is 4.92 Å². The Morgan fingerprint density at radius 1 is 1.50 bits per heavy atom. The molecule has 8 heteroatoms. The Morgan fingerprint density at radius 2 is 2.33 bits per heavy atom. The molecule has 0 radical (unpaired) electrons. The molecule has 0 bridgehead atoms. The predicted octanol–water partition coefficient (Wildman–Crippen LogP) is -0.0302. The summed E-state index contributed by atoms with van der Waals surface area (Å²) in [5.41, 5.74) is 0.712. The van der Waals surface area contributed by atoms with Gasteiger partial charge in [-0.2, -0.15) is 0 Å². The second-order valence-electron chi connectivity index (χ2n) is 3.66. The Hall–Kier alpha value is -2.32. The first-order valence-electron chi connectivity index (χ1n) is 5.27. The molecule has 1 atom stereocenters. The van der Waals surface area contributed by atoms with Gasteiger partial charge in [0, 0.05) is 30.6 Å². The van der Waals surface area contributed by atoms with Gasteiger partial charge in [0.15, 0.2) is 0 Å². The monoisotopic (exact) mass is 249 g/mol. The standard InChI is InChI=1S/C10H11N5O3/c16-14(4-2-8-6-11-7-13-8)10-5-9(15(17)18)1-3-12-10/h1,3,5-7,14H,2,4H2,(H,11,13). The minimum atomic E-state index is -0.548. The summed E-state index contributed by atoms with van der Waals surface area (Å²) in [5.74, 6) is 0.115. The zero-order valence-corrected chi connectivity index (χ0v) is 9.37. The van der Waals surface area contributed by atoms with E-state index in [2.05, 4.69) is 15.0 Å². The summed E-state index contributed by atoms with van der Waals surface area (Å²) in [5, 5.41) is 22.1. The number of hydrogen-bond donors (Lipinski definition) is 2. The average Bonchev–Trinajstić information content (AvgIpc) is 2.89. The third-order valence-corrected chi connectivity index (χ3v) is 2.42. The van der Waals surface area contributed by atoms with Gasteiger partial charge >= 0.3 is 0 Å². The van der Waals surface area contributed by atoms with Crippen molar-refractivity contribution in [3.8, 4) is 0 Å². The van der Waals surface area contributed by atoms with E-state index in [0.717, 1.165) is 5.69 Å². The van der Waals surface area contributed by atoms with E-state index in [1.807, 2.05) is 0 Å². The van der Waals surface area contributed by atoms with Crippen molar-refractivity contribution in [2.24, 2.45) is 0 Å². The smallest absolute Gasteiger partial charge is 0.278 e. The number of rotatable bonds is 5. The van der Waals surface area contributed by atoms with Gasteiger partial charge in [-0.1, -0.05) is 0 Å². The predicted molar refractivity (Wildman–Crippen MR) is 62.0 cm³/mol. The molecule has 0 aliphatic rings. The summed E-state index contributed by atoms with van der Waals surface area (Å²) < 4.78 is 0. The summed E-state index contributed by atoms with van der Waals surface area (Å²) in [6, 6.07) is 2.45. The van der Waals surface area contributed by atoms with Crippen molar-refractivity contribution in [3.05, 3.63) is 51.9 Å². The number of nitrogens with zero attached hydrogens (tertiary/aromatic N) is 3. The number of aromatic nitrogens is 3. The lowest BCUT2D eigenvalue weighted by molar-refractivity contribution is -0.779. The molecule has 0 aliphatic heterocycles. The van der Waals surface area contributed by atoms with Gasteiger partial charge < -0.3 is 15.3 Å². The number of nitrogens with one attached hydrogen (secondary N) is 2. The maximum Gasteiger partial charge on any atom is 0.278 e. The van der Waals surface area contributed by atoms with Gasteiger partial charge in [0.1, 0.15) is 0 Å². The van der Waals surface area contributed by atoms with E-state index in [4.69, 9.17) is 0 Å². The highest BCUT2D eigenvalue weighted by Gasteiger charge is 2.12. The zero-order chi connectivity index (χ0) is 13.0. The minimum Gasteiger partial charge on any atom is -0.628 e. The van der Waals surface area contributed by atoms with Gasteiger partial charge in [0.05, 0.1) is 23.9 Å². The van der Waals surface area contributed by atoms with E-state index in [9.17, 15) is 15.3 Å². The molecular formula is C10H11N5O3. The third kappa shape index (κ3) is 2.87. The van der Waals surface area contributed by atoms with Crippen LogP contribution in [0.25, 0.3) is 0 Å². The number of hydroxylamine groups is 1. The van der Waals surface area contributed by atoms with Crippen molar-refractivity contribution in [3.63, 3.8) is 0 Å². The van der Waals surface area contributed by atoms with E-state index in [1.54, 1.807) is 6.20 Å². The van der Waals surface area contributed by atoms with Crippen LogP contribution in [0.4, 0.5) is 11.5 Å². The molecule has 0 aromatic carbocycles. The molecule has 0 aliphatic carbocycles. The Morgan fingerprint density at radius 3 is 3.00 bits per heavy atom. The molecule has 94 valence electrons. The van der Waals surface area contributed by atoms with E-state index in [0.29, 0.717) is 6.42 Å². The second-order valence-corrected chi connectivity index (χ2v) is 3.66. The van der Waals surface area contributed by atoms with Crippen molar-refractivity contribution >= 4 is 11.5 Å². The first kappa shape index (κ1) is 12.1. The van der Waals surface area contributed by atoms with Gasteiger partial charge in [-0.25, -0.2) is 9.97 Å². The highest BCUT2D eigenvalue weighted by molar-refractivity contribution is 5.35. The Bertz CT molecular complexity index is 528. The third-order valence-electron chi connectivity index (χ3n) is 2.42. The van der Waals surface area contributed by atoms with Crippen LogP contribution in [0, 0.1) is 15.3 Å². The molecule has 0 amide bonds. The Balaban J connectivity index is 2.02. The number of pyridine rings is 1. The number of nitro groups is 1. The molecule has 0 fully saturated rings. The largest absolute Gasteiger partial charge is 0.628 e. The van der Waals surface area contributed by atoms with Gasteiger partial charge in [0.2, 0.25) is 5.82 Å². The molecule has 0 spiro atoms. The summed E-state index contributed by atoms with van der Waals surface area (Å²) in [6.45, 7) is 0.233.